The van der Waals surface area contributed by atoms with Crippen LogP contribution >= 0.6 is 0 Å². The van der Waals surface area contributed by atoms with Crippen LogP contribution in [-0.4, -0.2) is 63.2 Å². The highest BCUT2D eigenvalue weighted by Crippen LogP contribution is 2.21. The number of hydrogen-bond donors (Lipinski definition) is 2. The number of hydrogen-bond acceptors (Lipinski definition) is 3. The maximum absolute atomic E-state index is 12.3. The minimum absolute atomic E-state index is 0.154. The molecule has 1 amide bonds. The summed E-state index contributed by atoms with van der Waals surface area (Å²) < 4.78 is 36.9. The molecular formula is C18H26F3N5O. The topological polar surface area (TPSA) is 60.0 Å². The summed E-state index contributed by atoms with van der Waals surface area (Å²) in [4.78, 5) is 18.8. The van der Waals surface area contributed by atoms with Crippen molar-refractivity contribution in [3.63, 3.8) is 0 Å². The Kier molecular flexibility index (Phi) is 7.46. The van der Waals surface area contributed by atoms with Crippen LogP contribution in [-0.2, 0) is 11.3 Å². The highest BCUT2D eigenvalue weighted by Gasteiger charge is 2.28. The van der Waals surface area contributed by atoms with Gasteiger partial charge in [0.25, 0.3) is 0 Å². The minimum Gasteiger partial charge on any atom is -0.355 e. The second-order valence-corrected chi connectivity index (χ2v) is 6.52. The van der Waals surface area contributed by atoms with Crippen molar-refractivity contribution in [1.29, 1.82) is 0 Å². The molecule has 1 saturated heterocycles. The molecule has 9 heteroatoms. The van der Waals surface area contributed by atoms with Crippen LogP contribution in [0.25, 0.3) is 0 Å². The Labute approximate surface area is 157 Å². The number of alkyl halides is 3. The largest absolute Gasteiger partial charge is 0.401 e. The normalized spacial score (nSPS) is 15.6. The van der Waals surface area contributed by atoms with Crippen LogP contribution in [0, 0.1) is 0 Å². The smallest absolute Gasteiger partial charge is 0.355 e. The third-order valence-electron chi connectivity index (χ3n) is 4.24. The van der Waals surface area contributed by atoms with Crippen molar-refractivity contribution < 1.29 is 18.0 Å². The molecule has 1 fully saturated rings. The average Bonchev–Trinajstić information content (AvgIpc) is 3.03. The van der Waals surface area contributed by atoms with Crippen LogP contribution in [0.2, 0.25) is 0 Å². The van der Waals surface area contributed by atoms with E-state index in [0.717, 1.165) is 24.2 Å². The molecule has 2 rings (SSSR count). The van der Waals surface area contributed by atoms with E-state index >= 15 is 0 Å². The van der Waals surface area contributed by atoms with Gasteiger partial charge in [-0.3, -0.25) is 14.7 Å². The summed E-state index contributed by atoms with van der Waals surface area (Å²) in [6.07, 6.45) is -2.70. The molecule has 0 radical (unpaired) electrons. The second-order valence-electron chi connectivity index (χ2n) is 6.52. The van der Waals surface area contributed by atoms with Crippen molar-refractivity contribution in [3.8, 4) is 0 Å². The number of halogens is 3. The average molecular weight is 385 g/mol. The summed E-state index contributed by atoms with van der Waals surface area (Å²) in [6.45, 7) is 0.940. The van der Waals surface area contributed by atoms with Gasteiger partial charge >= 0.3 is 6.18 Å². The number of amides is 1. The summed E-state index contributed by atoms with van der Waals surface area (Å²) >= 11 is 0. The monoisotopic (exact) mass is 385 g/mol. The van der Waals surface area contributed by atoms with E-state index in [1.54, 1.807) is 11.9 Å². The molecule has 0 atom stereocenters. The Hall–Kier alpha value is -2.29. The fraction of sp³-hybridized carbons (Fsp3) is 0.556. The lowest BCUT2D eigenvalue weighted by Crippen LogP contribution is -2.42. The Bertz CT molecular complexity index is 645. The number of benzene rings is 1. The van der Waals surface area contributed by atoms with Crippen molar-refractivity contribution >= 4 is 17.6 Å². The van der Waals surface area contributed by atoms with Gasteiger partial charge in [-0.15, -0.1) is 0 Å². The van der Waals surface area contributed by atoms with Crippen LogP contribution < -0.4 is 15.5 Å². The van der Waals surface area contributed by atoms with Gasteiger partial charge in [-0.25, -0.2) is 0 Å². The first kappa shape index (κ1) is 21.0. The van der Waals surface area contributed by atoms with Gasteiger partial charge in [0.15, 0.2) is 5.96 Å². The molecule has 1 aromatic carbocycles. The number of guanidine groups is 1. The number of likely N-dealkylation sites (N-methyl/N-ethyl adjacent to an activating group) is 1. The molecule has 27 heavy (non-hydrogen) atoms. The number of anilines is 1. The van der Waals surface area contributed by atoms with Gasteiger partial charge < -0.3 is 15.5 Å². The summed E-state index contributed by atoms with van der Waals surface area (Å²) in [7, 11) is 3.04. The van der Waals surface area contributed by atoms with E-state index in [9.17, 15) is 18.0 Å². The quantitative estimate of drug-likeness (QED) is 0.557. The number of rotatable bonds is 7. The molecule has 2 N–H and O–H groups in total. The summed E-state index contributed by atoms with van der Waals surface area (Å²) in [5.74, 6) is 0.676. The molecule has 1 aliphatic rings. The van der Waals surface area contributed by atoms with E-state index in [4.69, 9.17) is 0 Å². The number of aliphatic imine (C=N–C) groups is 1. The molecule has 0 saturated carbocycles. The summed E-state index contributed by atoms with van der Waals surface area (Å²) in [6, 6.07) is 7.72. The molecule has 0 bridgehead atoms. The van der Waals surface area contributed by atoms with Gasteiger partial charge in [-0.2, -0.15) is 13.2 Å². The lowest BCUT2D eigenvalue weighted by molar-refractivity contribution is -0.142. The zero-order valence-electron chi connectivity index (χ0n) is 15.6. The Morgan fingerprint density at radius 1 is 1.26 bits per heavy atom. The highest BCUT2D eigenvalue weighted by atomic mass is 19.4. The number of nitrogens with one attached hydrogen (secondary N) is 2. The van der Waals surface area contributed by atoms with Gasteiger partial charge in [0, 0.05) is 45.3 Å². The van der Waals surface area contributed by atoms with Gasteiger partial charge in [-0.05, 0) is 31.2 Å². The van der Waals surface area contributed by atoms with Crippen LogP contribution in [0.15, 0.2) is 29.3 Å². The van der Waals surface area contributed by atoms with Crippen molar-refractivity contribution in [1.82, 2.24) is 15.5 Å². The first-order valence-electron chi connectivity index (χ1n) is 8.87. The zero-order chi connectivity index (χ0) is 19.9. The lowest BCUT2D eigenvalue weighted by atomic mass is 10.2. The van der Waals surface area contributed by atoms with E-state index in [0.29, 0.717) is 25.5 Å². The predicted octanol–water partition coefficient (Wildman–Crippen LogP) is 1.97. The summed E-state index contributed by atoms with van der Waals surface area (Å²) in [5.41, 5.74) is 1.92. The number of carbonyl (C=O) groups is 1. The lowest BCUT2D eigenvalue weighted by Gasteiger charge is -2.19. The standard InChI is InChI=1S/C18H26F3N5O/c1-22-17(23-9-11-25(2)13-18(19,20)21)24-12-14-5-7-15(8-6-14)26-10-3-4-16(26)27/h5-8H,3-4,9-13H2,1-2H3,(H2,22,23,24). The van der Waals surface area contributed by atoms with Crippen molar-refractivity contribution in [2.75, 3.05) is 45.2 Å². The minimum atomic E-state index is -4.19. The summed E-state index contributed by atoms with van der Waals surface area (Å²) in [5, 5.41) is 6.12. The maximum atomic E-state index is 12.3. The molecule has 1 aliphatic heterocycles. The van der Waals surface area contributed by atoms with Crippen LogP contribution in [0.1, 0.15) is 18.4 Å². The van der Waals surface area contributed by atoms with Crippen LogP contribution in [0.5, 0.6) is 0 Å². The second kappa shape index (κ2) is 9.59. The predicted molar refractivity (Wildman–Crippen MR) is 99.8 cm³/mol. The van der Waals surface area contributed by atoms with Gasteiger partial charge in [0.1, 0.15) is 0 Å². The SMILES string of the molecule is CN=C(NCCN(C)CC(F)(F)F)NCc1ccc(N2CCCC2=O)cc1. The third kappa shape index (κ3) is 7.09. The highest BCUT2D eigenvalue weighted by molar-refractivity contribution is 5.95. The maximum Gasteiger partial charge on any atom is 0.401 e. The molecule has 0 aromatic heterocycles. The first-order valence-corrected chi connectivity index (χ1v) is 8.87. The molecule has 0 spiro atoms. The van der Waals surface area contributed by atoms with Gasteiger partial charge in [0.2, 0.25) is 5.91 Å². The van der Waals surface area contributed by atoms with Crippen LogP contribution in [0.4, 0.5) is 18.9 Å². The van der Waals surface area contributed by atoms with E-state index in [1.807, 2.05) is 24.3 Å². The van der Waals surface area contributed by atoms with Crippen molar-refractivity contribution in [3.05, 3.63) is 29.8 Å². The van der Waals surface area contributed by atoms with E-state index in [-0.39, 0.29) is 12.5 Å². The molecule has 0 aliphatic carbocycles. The Morgan fingerprint density at radius 3 is 2.52 bits per heavy atom. The van der Waals surface area contributed by atoms with Gasteiger partial charge in [-0.1, -0.05) is 12.1 Å². The Balaban J connectivity index is 1.74. The third-order valence-corrected chi connectivity index (χ3v) is 4.24. The molecule has 0 unspecified atom stereocenters. The van der Waals surface area contributed by atoms with Crippen LogP contribution in [0.3, 0.4) is 0 Å². The van der Waals surface area contributed by atoms with E-state index in [2.05, 4.69) is 15.6 Å². The molecule has 1 aromatic rings. The first-order chi connectivity index (χ1) is 12.8. The van der Waals surface area contributed by atoms with Gasteiger partial charge in [0.05, 0.1) is 6.54 Å². The Morgan fingerprint density at radius 2 is 1.96 bits per heavy atom. The molecule has 150 valence electrons. The molecule has 6 nitrogen and oxygen atoms in total. The fourth-order valence-electron chi connectivity index (χ4n) is 2.87. The molecule has 1 heterocycles. The fourth-order valence-corrected chi connectivity index (χ4v) is 2.87. The van der Waals surface area contributed by atoms with Crippen molar-refractivity contribution in [2.45, 2.75) is 25.6 Å². The van der Waals surface area contributed by atoms with E-state index < -0.39 is 12.7 Å². The number of carbonyl (C=O) groups excluding carboxylic acids is 1. The molecular weight excluding hydrogens is 359 g/mol. The van der Waals surface area contributed by atoms with E-state index in [1.165, 1.54) is 11.9 Å². The zero-order valence-corrected chi connectivity index (χ0v) is 15.6. The van der Waals surface area contributed by atoms with Crippen molar-refractivity contribution in [2.24, 2.45) is 4.99 Å². The number of nitrogens with zero attached hydrogens (tertiary/aromatic N) is 3.